The summed E-state index contributed by atoms with van der Waals surface area (Å²) < 4.78 is 5.19. The van der Waals surface area contributed by atoms with Crippen molar-refractivity contribution in [2.75, 3.05) is 0 Å². The lowest BCUT2D eigenvalue weighted by atomic mass is 10.1. The van der Waals surface area contributed by atoms with Gasteiger partial charge >= 0.3 is 32.2 Å². The first-order valence-electron chi connectivity index (χ1n) is 4.62. The summed E-state index contributed by atoms with van der Waals surface area (Å²) in [6, 6.07) is 0. The van der Waals surface area contributed by atoms with E-state index in [1.165, 1.54) is 31.0 Å². The number of hydrogen-bond acceptors (Lipinski definition) is 1. The summed E-state index contributed by atoms with van der Waals surface area (Å²) in [7, 11) is 0. The minimum absolute atomic E-state index is 0. The molecule has 0 atom stereocenters. The van der Waals surface area contributed by atoms with Crippen molar-refractivity contribution in [1.82, 2.24) is 0 Å². The fourth-order valence-electron chi connectivity index (χ4n) is 1.07. The van der Waals surface area contributed by atoms with Gasteiger partial charge in [-0.15, -0.1) is 0 Å². The molecular formula is C8H21Al2O2. The lowest BCUT2D eigenvalue weighted by Gasteiger charge is -2.03. The van der Waals surface area contributed by atoms with Crippen LogP contribution in [-0.2, 0) is 2.84 Å². The molecular weight excluding hydrogens is 182 g/mol. The van der Waals surface area contributed by atoms with Gasteiger partial charge in [-0.25, -0.2) is 0 Å². The second-order valence-corrected chi connectivity index (χ2v) is 6.23. The van der Waals surface area contributed by atoms with E-state index in [2.05, 4.69) is 13.8 Å². The maximum Gasteiger partial charge on any atom is 0.390 e. The van der Waals surface area contributed by atoms with Crippen molar-refractivity contribution in [3.05, 3.63) is 0 Å². The van der Waals surface area contributed by atoms with Gasteiger partial charge in [-0.3, -0.25) is 0 Å². The highest BCUT2D eigenvalue weighted by Crippen LogP contribution is 2.09. The zero-order chi connectivity index (χ0) is 8.53. The molecule has 4 heteroatoms. The Morgan fingerprint density at radius 2 is 1.92 bits per heavy atom. The highest BCUT2D eigenvalue weighted by Gasteiger charge is 1.94. The number of unbranched alkanes of at least 4 members (excludes halogenated alkanes) is 2. The van der Waals surface area contributed by atoms with Crippen LogP contribution in [0.5, 0.6) is 0 Å². The molecule has 0 aromatic heterocycles. The van der Waals surface area contributed by atoms with Crippen molar-refractivity contribution < 1.29 is 8.32 Å². The van der Waals surface area contributed by atoms with Gasteiger partial charge in [0, 0.05) is 0 Å². The van der Waals surface area contributed by atoms with Crippen LogP contribution in [0.3, 0.4) is 0 Å². The fourth-order valence-corrected chi connectivity index (χ4v) is 2.47. The molecule has 2 nitrogen and oxygen atoms in total. The standard InChI is InChI=1S/C8H17.2Al.H2O.O.2H/c1-4-5-6-7-8(2)3;;;;;;/h8H,1,4-7H2,2-3H3;;;1H2;;;. The zero-order valence-electron chi connectivity index (χ0n) is 8.60. The third-order valence-corrected chi connectivity index (χ3v) is 3.75. The molecule has 1 radical (unpaired) electrons. The predicted octanol–water partition coefficient (Wildman–Crippen LogP) is 0.980. The zero-order valence-corrected chi connectivity index (χ0v) is 11.8. The normalized spacial score (nSPS) is 9.58. The van der Waals surface area contributed by atoms with Crippen LogP contribution in [-0.4, -0.2) is 37.7 Å². The van der Waals surface area contributed by atoms with Crippen LogP contribution in [0.15, 0.2) is 0 Å². The summed E-state index contributed by atoms with van der Waals surface area (Å²) in [5, 5.41) is 1.35. The Hall–Kier alpha value is 0.985. The molecule has 0 unspecified atom stereocenters. The highest BCUT2D eigenvalue weighted by molar-refractivity contribution is 6.34. The van der Waals surface area contributed by atoms with Gasteiger partial charge in [-0.05, 0) is 5.92 Å². The smallest absolute Gasteiger partial charge is 0.390 e. The molecule has 12 heavy (non-hydrogen) atoms. The number of hydrogen-bond donors (Lipinski definition) is 0. The van der Waals surface area contributed by atoms with Gasteiger partial charge in [0.1, 0.15) is 0 Å². The second-order valence-electron chi connectivity index (χ2n) is 3.43. The molecule has 0 heterocycles. The van der Waals surface area contributed by atoms with Gasteiger partial charge in [-0.2, -0.15) is 0 Å². The van der Waals surface area contributed by atoms with E-state index in [0.29, 0.717) is 15.6 Å². The van der Waals surface area contributed by atoms with E-state index in [1.54, 1.807) is 0 Å². The van der Waals surface area contributed by atoms with Crippen LogP contribution in [0.2, 0.25) is 5.28 Å². The van der Waals surface area contributed by atoms with Crippen molar-refractivity contribution in [2.24, 2.45) is 5.92 Å². The summed E-state index contributed by atoms with van der Waals surface area (Å²) in [5.41, 5.74) is 0. The monoisotopic (exact) mass is 203 g/mol. The van der Waals surface area contributed by atoms with Crippen LogP contribution in [0.1, 0.15) is 39.5 Å². The molecule has 0 bridgehead atoms. The maximum absolute atomic E-state index is 5.19. The molecule has 0 aromatic rings. The van der Waals surface area contributed by atoms with Crippen molar-refractivity contribution in [3.8, 4) is 0 Å². The molecule has 0 amide bonds. The van der Waals surface area contributed by atoms with E-state index in [4.69, 9.17) is 2.84 Å². The predicted molar refractivity (Wildman–Crippen MR) is 57.1 cm³/mol. The van der Waals surface area contributed by atoms with E-state index in [-0.39, 0.29) is 5.48 Å². The minimum atomic E-state index is 0. The van der Waals surface area contributed by atoms with E-state index in [1.807, 2.05) is 0 Å². The molecule has 0 aromatic carbocycles. The molecule has 2 N–H and O–H groups in total. The molecule has 0 aliphatic carbocycles. The summed E-state index contributed by atoms with van der Waals surface area (Å²) in [6.45, 7) is 4.60. The van der Waals surface area contributed by atoms with E-state index in [9.17, 15) is 0 Å². The maximum atomic E-state index is 5.19. The van der Waals surface area contributed by atoms with Crippen molar-refractivity contribution in [3.63, 3.8) is 0 Å². The van der Waals surface area contributed by atoms with Gasteiger partial charge in [-0.1, -0.05) is 44.8 Å². The van der Waals surface area contributed by atoms with Gasteiger partial charge < -0.3 is 8.32 Å². The first-order valence-corrected chi connectivity index (χ1v) is 6.72. The summed E-state index contributed by atoms with van der Waals surface area (Å²) in [4.78, 5) is 0. The summed E-state index contributed by atoms with van der Waals surface area (Å²) in [5.74, 6) is 0.886. The van der Waals surface area contributed by atoms with Crippen molar-refractivity contribution in [2.45, 2.75) is 44.8 Å². The van der Waals surface area contributed by atoms with Crippen molar-refractivity contribution >= 4 is 32.2 Å². The summed E-state index contributed by atoms with van der Waals surface area (Å²) in [6.07, 6.45) is 5.62. The molecule has 0 aliphatic heterocycles. The Balaban J connectivity index is 0. The molecule has 0 fully saturated rings. The van der Waals surface area contributed by atoms with Crippen molar-refractivity contribution in [1.29, 1.82) is 0 Å². The van der Waals surface area contributed by atoms with E-state index >= 15 is 0 Å². The lowest BCUT2D eigenvalue weighted by molar-refractivity contribution is 0.531. The summed E-state index contributed by atoms with van der Waals surface area (Å²) >= 11 is 1.30. The Morgan fingerprint density at radius 3 is 2.42 bits per heavy atom. The number of rotatable bonds is 7. The third kappa shape index (κ3) is 13.6. The molecule has 0 rings (SSSR count). The average Bonchev–Trinajstić information content (AvgIpc) is 1.96. The van der Waals surface area contributed by atoms with E-state index < -0.39 is 0 Å². The molecule has 71 valence electrons. The largest absolute Gasteiger partial charge is 0.648 e. The highest BCUT2D eigenvalue weighted by atomic mass is 27.2. The van der Waals surface area contributed by atoms with Crippen LogP contribution < -0.4 is 0 Å². The van der Waals surface area contributed by atoms with Crippen LogP contribution in [0.4, 0.5) is 0 Å². The van der Waals surface area contributed by atoms with Gasteiger partial charge in [0.25, 0.3) is 0 Å². The van der Waals surface area contributed by atoms with Gasteiger partial charge in [0.15, 0.2) is 0 Å². The van der Waals surface area contributed by atoms with Gasteiger partial charge in [0.2, 0.25) is 0 Å². The molecule has 0 saturated heterocycles. The SMILES string of the molecule is CC(C)CCCC[CH2][Al][O][AlH2].O. The topological polar surface area (TPSA) is 40.7 Å². The average molecular weight is 203 g/mol. The van der Waals surface area contributed by atoms with E-state index in [0.717, 1.165) is 22.5 Å². The Morgan fingerprint density at radius 1 is 1.25 bits per heavy atom. The third-order valence-electron chi connectivity index (χ3n) is 1.77. The molecule has 0 saturated carbocycles. The quantitative estimate of drug-likeness (QED) is 0.449. The van der Waals surface area contributed by atoms with Crippen LogP contribution in [0, 0.1) is 5.92 Å². The van der Waals surface area contributed by atoms with Crippen LogP contribution >= 0.6 is 0 Å². The Labute approximate surface area is 91.2 Å². The lowest BCUT2D eigenvalue weighted by Crippen LogP contribution is -1.94. The first kappa shape index (κ1) is 15.5. The second kappa shape index (κ2) is 12.0. The van der Waals surface area contributed by atoms with Crippen LogP contribution in [0.25, 0.3) is 0 Å². The molecule has 0 spiro atoms. The molecule has 0 aliphatic rings. The first-order chi connectivity index (χ1) is 5.27. The Kier molecular flexibility index (Phi) is 15.4. The Bertz CT molecular complexity index is 79.5. The van der Waals surface area contributed by atoms with Gasteiger partial charge in [0.05, 0.1) is 0 Å². The minimum Gasteiger partial charge on any atom is -0.648 e. The fraction of sp³-hybridized carbons (Fsp3) is 1.00.